The number of benzene rings is 1. The van der Waals surface area contributed by atoms with Crippen molar-refractivity contribution in [1.82, 2.24) is 5.32 Å². The third-order valence-corrected chi connectivity index (χ3v) is 4.19. The van der Waals surface area contributed by atoms with Gasteiger partial charge in [0, 0.05) is 6.04 Å². The Bertz CT molecular complexity index is 363. The van der Waals surface area contributed by atoms with Crippen LogP contribution in [0.5, 0.6) is 0 Å². The summed E-state index contributed by atoms with van der Waals surface area (Å²) in [6, 6.07) is 11.6. The van der Waals surface area contributed by atoms with Crippen LogP contribution in [0.2, 0.25) is 0 Å². The van der Waals surface area contributed by atoms with Crippen molar-refractivity contribution >= 4 is 0 Å². The van der Waals surface area contributed by atoms with Crippen molar-refractivity contribution in [2.24, 2.45) is 5.92 Å². The molecule has 1 aliphatic carbocycles. The van der Waals surface area contributed by atoms with E-state index in [2.05, 4.69) is 54.7 Å². The first-order valence-electron chi connectivity index (χ1n) is 7.81. The zero-order valence-electron chi connectivity index (χ0n) is 12.1. The molecule has 0 bridgehead atoms. The first-order valence-corrected chi connectivity index (χ1v) is 7.81. The van der Waals surface area contributed by atoms with Crippen molar-refractivity contribution in [1.29, 1.82) is 0 Å². The third kappa shape index (κ3) is 4.50. The van der Waals surface area contributed by atoms with Gasteiger partial charge in [0.25, 0.3) is 0 Å². The Kier molecular flexibility index (Phi) is 6.16. The molecule has 19 heavy (non-hydrogen) atoms. The molecule has 1 heteroatoms. The van der Waals surface area contributed by atoms with Crippen LogP contribution in [0.15, 0.2) is 42.5 Å². The van der Waals surface area contributed by atoms with Crippen LogP contribution in [-0.4, -0.2) is 6.54 Å². The van der Waals surface area contributed by atoms with E-state index in [-0.39, 0.29) is 0 Å². The lowest BCUT2D eigenvalue weighted by molar-refractivity contribution is 0.273. The van der Waals surface area contributed by atoms with E-state index in [4.69, 9.17) is 0 Å². The smallest absolute Gasteiger partial charge is 0.0348 e. The lowest BCUT2D eigenvalue weighted by Gasteiger charge is -2.31. The molecule has 104 valence electrons. The Morgan fingerprint density at radius 3 is 2.58 bits per heavy atom. The van der Waals surface area contributed by atoms with Gasteiger partial charge in [0.15, 0.2) is 0 Å². The summed E-state index contributed by atoms with van der Waals surface area (Å²) >= 11 is 0. The largest absolute Gasteiger partial charge is 0.309 e. The number of rotatable bonds is 6. The molecule has 0 heterocycles. The Balaban J connectivity index is 1.99. The Morgan fingerprint density at radius 1 is 1.16 bits per heavy atom. The van der Waals surface area contributed by atoms with Gasteiger partial charge >= 0.3 is 0 Å². The average Bonchev–Trinajstić information content (AvgIpc) is 2.49. The van der Waals surface area contributed by atoms with Crippen molar-refractivity contribution < 1.29 is 0 Å². The van der Waals surface area contributed by atoms with Crippen molar-refractivity contribution in [3.63, 3.8) is 0 Å². The van der Waals surface area contributed by atoms with Crippen molar-refractivity contribution in [3.05, 3.63) is 48.0 Å². The average molecular weight is 257 g/mol. The molecule has 0 saturated heterocycles. The van der Waals surface area contributed by atoms with E-state index in [0.29, 0.717) is 6.04 Å². The van der Waals surface area contributed by atoms with Crippen LogP contribution < -0.4 is 5.32 Å². The predicted molar refractivity (Wildman–Crippen MR) is 83.2 cm³/mol. The van der Waals surface area contributed by atoms with Crippen molar-refractivity contribution in [2.45, 2.75) is 51.5 Å². The summed E-state index contributed by atoms with van der Waals surface area (Å²) in [5.41, 5.74) is 1.47. The number of allylic oxidation sites excluding steroid dienone is 1. The Labute approximate surface area is 118 Å². The van der Waals surface area contributed by atoms with E-state index in [1.54, 1.807) is 0 Å². The molecule has 0 aromatic heterocycles. The van der Waals surface area contributed by atoms with Gasteiger partial charge in [0.2, 0.25) is 0 Å². The number of hydrogen-bond donors (Lipinski definition) is 1. The summed E-state index contributed by atoms with van der Waals surface area (Å²) in [5.74, 6) is 0.821. The molecule has 0 amide bonds. The van der Waals surface area contributed by atoms with E-state index in [1.807, 2.05) is 0 Å². The minimum Gasteiger partial charge on any atom is -0.309 e. The topological polar surface area (TPSA) is 12.0 Å². The SMILES string of the molecule is C/C=C/CCNC(c1ccccc1)C1CCCCC1. The normalized spacial score (nSPS) is 18.8. The Morgan fingerprint density at radius 2 is 1.89 bits per heavy atom. The highest BCUT2D eigenvalue weighted by Gasteiger charge is 2.24. The van der Waals surface area contributed by atoms with Crippen molar-refractivity contribution in [3.8, 4) is 0 Å². The molecular weight excluding hydrogens is 230 g/mol. The van der Waals surface area contributed by atoms with Crippen LogP contribution in [0.25, 0.3) is 0 Å². The molecule has 1 aliphatic rings. The molecule has 1 aromatic rings. The first kappa shape index (κ1) is 14.3. The second-order valence-corrected chi connectivity index (χ2v) is 5.60. The maximum absolute atomic E-state index is 3.79. The van der Waals surface area contributed by atoms with Gasteiger partial charge in [-0.15, -0.1) is 0 Å². The minimum atomic E-state index is 0.548. The molecule has 1 atom stereocenters. The summed E-state index contributed by atoms with van der Waals surface area (Å²) in [6.45, 7) is 3.18. The lowest BCUT2D eigenvalue weighted by atomic mass is 9.81. The van der Waals surface area contributed by atoms with Gasteiger partial charge in [-0.3, -0.25) is 0 Å². The molecule has 0 spiro atoms. The molecule has 0 radical (unpaired) electrons. The molecule has 0 aliphatic heterocycles. The zero-order chi connectivity index (χ0) is 13.3. The van der Waals surface area contributed by atoms with Crippen LogP contribution in [0, 0.1) is 5.92 Å². The second-order valence-electron chi connectivity index (χ2n) is 5.60. The third-order valence-electron chi connectivity index (χ3n) is 4.19. The second kappa shape index (κ2) is 8.16. The Hall–Kier alpha value is -1.08. The van der Waals surface area contributed by atoms with Crippen LogP contribution in [-0.2, 0) is 0 Å². The molecule has 1 nitrogen and oxygen atoms in total. The molecular formula is C18H27N. The van der Waals surface area contributed by atoms with Gasteiger partial charge in [-0.25, -0.2) is 0 Å². The lowest BCUT2D eigenvalue weighted by Crippen LogP contribution is -2.30. The van der Waals surface area contributed by atoms with E-state index >= 15 is 0 Å². The zero-order valence-corrected chi connectivity index (χ0v) is 12.1. The standard InChI is InChI=1S/C18H27N/c1-2-3-10-15-19-18(16-11-6-4-7-12-16)17-13-8-5-9-14-17/h2-4,6-7,11-12,17-19H,5,8-10,13-15H2,1H3/b3-2+. The molecule has 1 N–H and O–H groups in total. The molecule has 1 fully saturated rings. The van der Waals surface area contributed by atoms with Crippen LogP contribution in [0.3, 0.4) is 0 Å². The highest BCUT2D eigenvalue weighted by molar-refractivity contribution is 5.20. The van der Waals surface area contributed by atoms with Gasteiger partial charge in [0.05, 0.1) is 0 Å². The van der Waals surface area contributed by atoms with Gasteiger partial charge in [-0.2, -0.15) is 0 Å². The summed E-state index contributed by atoms with van der Waals surface area (Å²) in [4.78, 5) is 0. The van der Waals surface area contributed by atoms with Gasteiger partial charge in [-0.1, -0.05) is 61.7 Å². The van der Waals surface area contributed by atoms with Gasteiger partial charge < -0.3 is 5.32 Å². The fourth-order valence-electron chi connectivity index (χ4n) is 3.17. The summed E-state index contributed by atoms with van der Waals surface area (Å²) in [5, 5.41) is 3.79. The number of hydrogen-bond acceptors (Lipinski definition) is 1. The van der Waals surface area contributed by atoms with Gasteiger partial charge in [-0.05, 0) is 44.2 Å². The van der Waals surface area contributed by atoms with E-state index in [1.165, 1.54) is 37.7 Å². The maximum Gasteiger partial charge on any atom is 0.0348 e. The molecule has 1 aromatic carbocycles. The number of nitrogens with one attached hydrogen (secondary N) is 1. The fourth-order valence-corrected chi connectivity index (χ4v) is 3.17. The monoisotopic (exact) mass is 257 g/mol. The minimum absolute atomic E-state index is 0.548. The fraction of sp³-hybridized carbons (Fsp3) is 0.556. The summed E-state index contributed by atoms with van der Waals surface area (Å²) in [7, 11) is 0. The van der Waals surface area contributed by atoms with Gasteiger partial charge in [0.1, 0.15) is 0 Å². The summed E-state index contributed by atoms with van der Waals surface area (Å²) in [6.07, 6.45) is 12.5. The van der Waals surface area contributed by atoms with E-state index in [9.17, 15) is 0 Å². The molecule has 1 unspecified atom stereocenters. The van der Waals surface area contributed by atoms with Crippen LogP contribution in [0.4, 0.5) is 0 Å². The summed E-state index contributed by atoms with van der Waals surface area (Å²) < 4.78 is 0. The van der Waals surface area contributed by atoms with Crippen LogP contribution in [0.1, 0.15) is 57.1 Å². The predicted octanol–water partition coefficient (Wildman–Crippen LogP) is 4.86. The first-order chi connectivity index (χ1) is 9.42. The quantitative estimate of drug-likeness (QED) is 0.566. The highest BCUT2D eigenvalue weighted by Crippen LogP contribution is 2.34. The molecule has 1 saturated carbocycles. The molecule has 2 rings (SSSR count). The maximum atomic E-state index is 3.79. The van der Waals surface area contributed by atoms with E-state index in [0.717, 1.165) is 18.9 Å². The highest BCUT2D eigenvalue weighted by atomic mass is 14.9. The van der Waals surface area contributed by atoms with Crippen LogP contribution >= 0.6 is 0 Å². The van der Waals surface area contributed by atoms with Crippen molar-refractivity contribution in [2.75, 3.05) is 6.54 Å². The van der Waals surface area contributed by atoms with E-state index < -0.39 is 0 Å².